The van der Waals surface area contributed by atoms with E-state index in [0.29, 0.717) is 33.5 Å². The standard InChI is InChI=1S/C19H14ClN3O3/c1-24-16-8-7-14(10-17(16)25-2)18-22-19(26-23-18)15(20)9-12-3-5-13(11-21)6-4-12/h3-10H,1-2H3/b15-9-. The monoisotopic (exact) mass is 367 g/mol. The van der Waals surface area contributed by atoms with Gasteiger partial charge in [0.15, 0.2) is 11.5 Å². The number of halogens is 1. The zero-order valence-corrected chi connectivity index (χ0v) is 14.8. The molecule has 0 fully saturated rings. The van der Waals surface area contributed by atoms with Crippen molar-refractivity contribution in [1.29, 1.82) is 5.26 Å². The lowest BCUT2D eigenvalue weighted by Crippen LogP contribution is -1.91. The highest BCUT2D eigenvalue weighted by Crippen LogP contribution is 2.32. The number of hydrogen-bond donors (Lipinski definition) is 0. The molecule has 0 amide bonds. The Kier molecular flexibility index (Phi) is 5.20. The molecule has 0 unspecified atom stereocenters. The molecule has 0 aliphatic heterocycles. The highest BCUT2D eigenvalue weighted by Gasteiger charge is 2.14. The normalized spacial score (nSPS) is 11.1. The third-order valence-electron chi connectivity index (χ3n) is 3.61. The summed E-state index contributed by atoms with van der Waals surface area (Å²) >= 11 is 6.28. The Balaban J connectivity index is 1.87. The van der Waals surface area contributed by atoms with Crippen LogP contribution in [0.4, 0.5) is 0 Å². The van der Waals surface area contributed by atoms with Crippen molar-refractivity contribution in [3.63, 3.8) is 0 Å². The van der Waals surface area contributed by atoms with Crippen LogP contribution in [0.5, 0.6) is 11.5 Å². The molecule has 6 nitrogen and oxygen atoms in total. The smallest absolute Gasteiger partial charge is 0.269 e. The topological polar surface area (TPSA) is 81.2 Å². The number of aromatic nitrogens is 2. The second-order valence-electron chi connectivity index (χ2n) is 5.22. The Bertz CT molecular complexity index is 988. The molecule has 3 rings (SSSR count). The van der Waals surface area contributed by atoms with E-state index in [-0.39, 0.29) is 5.89 Å². The minimum absolute atomic E-state index is 0.195. The summed E-state index contributed by atoms with van der Waals surface area (Å²) in [5, 5.41) is 13.1. The van der Waals surface area contributed by atoms with Gasteiger partial charge in [0, 0.05) is 5.56 Å². The highest BCUT2D eigenvalue weighted by atomic mass is 35.5. The van der Waals surface area contributed by atoms with Gasteiger partial charge in [-0.15, -0.1) is 0 Å². The summed E-state index contributed by atoms with van der Waals surface area (Å²) in [5.74, 6) is 1.75. The van der Waals surface area contributed by atoms with Crippen LogP contribution in [0.1, 0.15) is 17.0 Å². The summed E-state index contributed by atoms with van der Waals surface area (Å²) in [4.78, 5) is 4.31. The van der Waals surface area contributed by atoms with Gasteiger partial charge in [0.2, 0.25) is 5.82 Å². The molecule has 0 saturated heterocycles. The van der Waals surface area contributed by atoms with Gasteiger partial charge in [-0.3, -0.25) is 0 Å². The maximum absolute atomic E-state index is 8.83. The van der Waals surface area contributed by atoms with Gasteiger partial charge in [0.05, 0.1) is 25.9 Å². The molecule has 0 spiro atoms. The summed E-state index contributed by atoms with van der Waals surface area (Å²) in [7, 11) is 3.12. The van der Waals surface area contributed by atoms with E-state index in [9.17, 15) is 0 Å². The van der Waals surface area contributed by atoms with Crippen molar-refractivity contribution in [2.24, 2.45) is 0 Å². The molecule has 0 aliphatic carbocycles. The Morgan fingerprint density at radius 1 is 1.12 bits per heavy atom. The van der Waals surface area contributed by atoms with Gasteiger partial charge in [-0.05, 0) is 42.0 Å². The van der Waals surface area contributed by atoms with E-state index in [1.165, 1.54) is 0 Å². The van der Waals surface area contributed by atoms with Crippen LogP contribution in [0.3, 0.4) is 0 Å². The molecule has 2 aromatic carbocycles. The molecule has 0 aliphatic rings. The Hall–Kier alpha value is -3.30. The van der Waals surface area contributed by atoms with E-state index >= 15 is 0 Å². The Morgan fingerprint density at radius 2 is 1.85 bits per heavy atom. The zero-order valence-electron chi connectivity index (χ0n) is 14.1. The molecule has 0 N–H and O–H groups in total. The van der Waals surface area contributed by atoms with Gasteiger partial charge in [0.1, 0.15) is 5.03 Å². The molecule has 1 heterocycles. The van der Waals surface area contributed by atoms with Gasteiger partial charge in [-0.25, -0.2) is 0 Å². The number of ether oxygens (including phenoxy) is 2. The molecule has 7 heteroatoms. The summed E-state index contributed by atoms with van der Waals surface area (Å²) in [6, 6.07) is 14.4. The van der Waals surface area contributed by atoms with Crippen LogP contribution in [0.2, 0.25) is 0 Å². The van der Waals surface area contributed by atoms with Crippen molar-refractivity contribution in [2.75, 3.05) is 14.2 Å². The van der Waals surface area contributed by atoms with Gasteiger partial charge < -0.3 is 14.0 Å². The first-order valence-electron chi connectivity index (χ1n) is 7.58. The summed E-state index contributed by atoms with van der Waals surface area (Å²) in [6.07, 6.45) is 1.69. The van der Waals surface area contributed by atoms with Crippen molar-refractivity contribution in [2.45, 2.75) is 0 Å². The van der Waals surface area contributed by atoms with Crippen LogP contribution in [0, 0.1) is 11.3 Å². The van der Waals surface area contributed by atoms with E-state index < -0.39 is 0 Å². The number of rotatable bonds is 5. The van der Waals surface area contributed by atoms with Crippen molar-refractivity contribution < 1.29 is 14.0 Å². The third-order valence-corrected chi connectivity index (χ3v) is 3.88. The number of benzene rings is 2. The lowest BCUT2D eigenvalue weighted by atomic mass is 10.1. The van der Waals surface area contributed by atoms with E-state index in [0.717, 1.165) is 5.56 Å². The molecule has 3 aromatic rings. The van der Waals surface area contributed by atoms with Crippen LogP contribution in [-0.2, 0) is 0 Å². The minimum Gasteiger partial charge on any atom is -0.493 e. The van der Waals surface area contributed by atoms with E-state index in [1.807, 2.05) is 0 Å². The zero-order chi connectivity index (χ0) is 18.5. The van der Waals surface area contributed by atoms with Crippen molar-refractivity contribution in [3.05, 3.63) is 59.5 Å². The summed E-state index contributed by atoms with van der Waals surface area (Å²) in [6.45, 7) is 0. The summed E-state index contributed by atoms with van der Waals surface area (Å²) < 4.78 is 15.7. The second-order valence-corrected chi connectivity index (χ2v) is 5.63. The Labute approximate surface area is 155 Å². The maximum atomic E-state index is 8.83. The van der Waals surface area contributed by atoms with Crippen LogP contribution < -0.4 is 9.47 Å². The van der Waals surface area contributed by atoms with Crippen LogP contribution >= 0.6 is 11.6 Å². The molecule has 0 saturated carbocycles. The lowest BCUT2D eigenvalue weighted by molar-refractivity contribution is 0.355. The number of nitriles is 1. The lowest BCUT2D eigenvalue weighted by Gasteiger charge is -2.07. The molecular weight excluding hydrogens is 354 g/mol. The number of hydrogen-bond acceptors (Lipinski definition) is 6. The van der Waals surface area contributed by atoms with E-state index in [1.54, 1.807) is 62.8 Å². The Morgan fingerprint density at radius 3 is 2.50 bits per heavy atom. The van der Waals surface area contributed by atoms with Gasteiger partial charge in [0.25, 0.3) is 5.89 Å². The number of nitrogens with zero attached hydrogens (tertiary/aromatic N) is 3. The molecule has 130 valence electrons. The van der Waals surface area contributed by atoms with Crippen LogP contribution in [0.15, 0.2) is 47.0 Å². The van der Waals surface area contributed by atoms with E-state index in [2.05, 4.69) is 16.2 Å². The fourth-order valence-corrected chi connectivity index (χ4v) is 2.48. The SMILES string of the molecule is COc1ccc(-c2noc(/C(Cl)=C/c3ccc(C#N)cc3)n2)cc1OC. The van der Waals surface area contributed by atoms with Gasteiger partial charge in [-0.2, -0.15) is 10.2 Å². The maximum Gasteiger partial charge on any atom is 0.269 e. The molecule has 0 atom stereocenters. The predicted molar refractivity (Wildman–Crippen MR) is 97.7 cm³/mol. The fourth-order valence-electron chi connectivity index (χ4n) is 2.27. The van der Waals surface area contributed by atoms with Gasteiger partial charge in [-0.1, -0.05) is 28.9 Å². The van der Waals surface area contributed by atoms with Crippen molar-refractivity contribution in [1.82, 2.24) is 10.1 Å². The first-order chi connectivity index (χ1) is 12.6. The summed E-state index contributed by atoms with van der Waals surface area (Å²) in [5.41, 5.74) is 2.10. The van der Waals surface area contributed by atoms with Gasteiger partial charge >= 0.3 is 0 Å². The highest BCUT2D eigenvalue weighted by molar-refractivity contribution is 6.50. The van der Waals surface area contributed by atoms with Crippen molar-refractivity contribution in [3.8, 4) is 29.0 Å². The van der Waals surface area contributed by atoms with E-state index in [4.69, 9.17) is 30.9 Å². The molecule has 0 bridgehead atoms. The van der Waals surface area contributed by atoms with Crippen LogP contribution in [0.25, 0.3) is 22.5 Å². The van der Waals surface area contributed by atoms with Crippen LogP contribution in [-0.4, -0.2) is 24.4 Å². The largest absolute Gasteiger partial charge is 0.493 e. The first-order valence-corrected chi connectivity index (χ1v) is 7.96. The van der Waals surface area contributed by atoms with Crippen molar-refractivity contribution >= 4 is 22.7 Å². The number of methoxy groups -OCH3 is 2. The fraction of sp³-hybridized carbons (Fsp3) is 0.105. The quantitative estimate of drug-likeness (QED) is 0.666. The average molecular weight is 368 g/mol. The second kappa shape index (κ2) is 7.72. The molecular formula is C19H14ClN3O3. The average Bonchev–Trinajstić information content (AvgIpc) is 3.18. The molecule has 1 aromatic heterocycles. The third kappa shape index (κ3) is 3.68. The molecule has 26 heavy (non-hydrogen) atoms. The minimum atomic E-state index is 0.195. The first kappa shape index (κ1) is 17.5. The molecule has 0 radical (unpaired) electrons. The predicted octanol–water partition coefficient (Wildman–Crippen LogP) is 4.36.